The third-order valence-corrected chi connectivity index (χ3v) is 3.45. The van der Waals surface area contributed by atoms with E-state index in [1.807, 2.05) is 12.1 Å². The lowest BCUT2D eigenvalue weighted by molar-refractivity contribution is -0.109. The first-order valence-corrected chi connectivity index (χ1v) is 5.55. The standard InChI is InChI=1S/C8H7N3OS2/c9-4-6(12)13-8-11-5-2-1-3-10-7(5)14-8/h1-3H,4,9H2. The van der Waals surface area contributed by atoms with Gasteiger partial charge in [-0.15, -0.1) is 0 Å². The molecule has 0 fully saturated rings. The minimum atomic E-state index is -0.0796. The number of nitrogens with zero attached hydrogens (tertiary/aromatic N) is 2. The topological polar surface area (TPSA) is 68.9 Å². The number of hydrogen-bond acceptors (Lipinski definition) is 6. The van der Waals surface area contributed by atoms with Crippen molar-refractivity contribution in [3.8, 4) is 0 Å². The highest BCUT2D eigenvalue weighted by molar-refractivity contribution is 8.15. The number of pyridine rings is 1. The second kappa shape index (κ2) is 4.04. The van der Waals surface area contributed by atoms with E-state index in [4.69, 9.17) is 5.73 Å². The number of thiazole rings is 1. The molecule has 0 radical (unpaired) electrons. The molecule has 0 spiro atoms. The summed E-state index contributed by atoms with van der Waals surface area (Å²) < 4.78 is 0.703. The molecule has 72 valence electrons. The Morgan fingerprint density at radius 1 is 1.64 bits per heavy atom. The third kappa shape index (κ3) is 1.92. The highest BCUT2D eigenvalue weighted by Gasteiger charge is 2.08. The van der Waals surface area contributed by atoms with Crippen LogP contribution in [0.1, 0.15) is 0 Å². The summed E-state index contributed by atoms with van der Waals surface area (Å²) in [4.78, 5) is 20.3. The molecule has 6 heteroatoms. The van der Waals surface area contributed by atoms with Gasteiger partial charge in [0.2, 0.25) is 5.12 Å². The van der Waals surface area contributed by atoms with Gasteiger partial charge in [-0.1, -0.05) is 11.3 Å². The Labute approximate surface area is 88.5 Å². The SMILES string of the molecule is NCC(=O)Sc1nc2cccnc2s1. The molecular formula is C8H7N3OS2. The monoisotopic (exact) mass is 225 g/mol. The zero-order valence-corrected chi connectivity index (χ0v) is 8.77. The summed E-state index contributed by atoms with van der Waals surface area (Å²) in [5.74, 6) is 0. The van der Waals surface area contributed by atoms with Crippen molar-refractivity contribution in [3.63, 3.8) is 0 Å². The number of hydrogen-bond donors (Lipinski definition) is 1. The fourth-order valence-electron chi connectivity index (χ4n) is 0.933. The molecule has 2 rings (SSSR count). The molecule has 0 amide bonds. The summed E-state index contributed by atoms with van der Waals surface area (Å²) in [5.41, 5.74) is 6.03. The van der Waals surface area contributed by atoms with Crippen LogP contribution in [0.4, 0.5) is 0 Å². The summed E-state index contributed by atoms with van der Waals surface area (Å²) in [5, 5.41) is -0.0796. The van der Waals surface area contributed by atoms with Crippen molar-refractivity contribution in [1.82, 2.24) is 9.97 Å². The number of fused-ring (bicyclic) bond motifs is 1. The minimum absolute atomic E-state index is 0.0357. The molecule has 2 aromatic rings. The van der Waals surface area contributed by atoms with Gasteiger partial charge in [0, 0.05) is 6.20 Å². The van der Waals surface area contributed by atoms with E-state index in [1.54, 1.807) is 6.20 Å². The smallest absolute Gasteiger partial charge is 0.209 e. The van der Waals surface area contributed by atoms with Crippen molar-refractivity contribution >= 4 is 38.6 Å². The lowest BCUT2D eigenvalue weighted by atomic mass is 10.5. The Morgan fingerprint density at radius 3 is 3.21 bits per heavy atom. The average molecular weight is 225 g/mol. The zero-order valence-electron chi connectivity index (χ0n) is 7.14. The molecule has 0 atom stereocenters. The molecule has 0 aromatic carbocycles. The fraction of sp³-hybridized carbons (Fsp3) is 0.125. The van der Waals surface area contributed by atoms with Crippen molar-refractivity contribution in [1.29, 1.82) is 0 Å². The summed E-state index contributed by atoms with van der Waals surface area (Å²) in [6, 6.07) is 3.69. The molecular weight excluding hydrogens is 218 g/mol. The summed E-state index contributed by atoms with van der Waals surface area (Å²) in [6.07, 6.45) is 1.71. The van der Waals surface area contributed by atoms with Gasteiger partial charge in [0.25, 0.3) is 0 Å². The number of carbonyl (C=O) groups is 1. The Hall–Kier alpha value is -0.980. The van der Waals surface area contributed by atoms with Crippen molar-refractivity contribution in [3.05, 3.63) is 18.3 Å². The first-order chi connectivity index (χ1) is 6.79. The van der Waals surface area contributed by atoms with Crippen LogP contribution in [0.2, 0.25) is 0 Å². The summed E-state index contributed by atoms with van der Waals surface area (Å²) >= 11 is 2.48. The average Bonchev–Trinajstić information content (AvgIpc) is 2.59. The highest BCUT2D eigenvalue weighted by atomic mass is 32.2. The maximum atomic E-state index is 11.0. The number of nitrogens with two attached hydrogens (primary N) is 1. The van der Waals surface area contributed by atoms with E-state index in [9.17, 15) is 4.79 Å². The van der Waals surface area contributed by atoms with E-state index >= 15 is 0 Å². The Kier molecular flexibility index (Phi) is 2.76. The van der Waals surface area contributed by atoms with Crippen molar-refractivity contribution < 1.29 is 4.79 Å². The molecule has 0 saturated heterocycles. The second-order valence-electron chi connectivity index (χ2n) is 2.49. The number of rotatable bonds is 2. The van der Waals surface area contributed by atoms with Crippen LogP contribution < -0.4 is 5.73 Å². The van der Waals surface area contributed by atoms with Crippen LogP contribution in [-0.2, 0) is 4.79 Å². The van der Waals surface area contributed by atoms with Crippen LogP contribution in [0.5, 0.6) is 0 Å². The van der Waals surface area contributed by atoms with Crippen LogP contribution in [0.3, 0.4) is 0 Å². The van der Waals surface area contributed by atoms with Crippen molar-refractivity contribution in [2.75, 3.05) is 6.54 Å². The van der Waals surface area contributed by atoms with Crippen LogP contribution in [0, 0.1) is 0 Å². The van der Waals surface area contributed by atoms with E-state index in [0.29, 0.717) is 4.34 Å². The quantitative estimate of drug-likeness (QED) is 0.779. The first-order valence-electron chi connectivity index (χ1n) is 3.92. The normalized spacial score (nSPS) is 10.6. The van der Waals surface area contributed by atoms with Gasteiger partial charge in [-0.05, 0) is 23.9 Å². The summed E-state index contributed by atoms with van der Waals surface area (Å²) in [6.45, 7) is 0.0357. The maximum absolute atomic E-state index is 11.0. The van der Waals surface area contributed by atoms with Gasteiger partial charge in [-0.3, -0.25) is 4.79 Å². The molecule has 0 aliphatic rings. The van der Waals surface area contributed by atoms with Crippen LogP contribution in [-0.4, -0.2) is 21.6 Å². The molecule has 0 aliphatic heterocycles. The van der Waals surface area contributed by atoms with Gasteiger partial charge >= 0.3 is 0 Å². The van der Waals surface area contributed by atoms with E-state index in [0.717, 1.165) is 22.1 Å². The molecule has 0 unspecified atom stereocenters. The fourth-order valence-corrected chi connectivity index (χ4v) is 2.68. The number of carbonyl (C=O) groups excluding carboxylic acids is 1. The molecule has 0 aliphatic carbocycles. The van der Waals surface area contributed by atoms with Crippen LogP contribution in [0.25, 0.3) is 10.3 Å². The molecule has 2 heterocycles. The molecule has 0 saturated carbocycles. The van der Waals surface area contributed by atoms with Gasteiger partial charge in [0.15, 0.2) is 4.34 Å². The lowest BCUT2D eigenvalue weighted by Crippen LogP contribution is -2.08. The molecule has 4 nitrogen and oxygen atoms in total. The van der Waals surface area contributed by atoms with Crippen LogP contribution >= 0.6 is 23.1 Å². The molecule has 14 heavy (non-hydrogen) atoms. The maximum Gasteiger partial charge on any atom is 0.209 e. The third-order valence-electron chi connectivity index (χ3n) is 1.51. The lowest BCUT2D eigenvalue weighted by Gasteiger charge is -1.89. The van der Waals surface area contributed by atoms with E-state index < -0.39 is 0 Å². The van der Waals surface area contributed by atoms with Crippen LogP contribution in [0.15, 0.2) is 22.7 Å². The molecule has 2 N–H and O–H groups in total. The summed E-state index contributed by atoms with van der Waals surface area (Å²) in [7, 11) is 0. The largest absolute Gasteiger partial charge is 0.323 e. The van der Waals surface area contributed by atoms with Gasteiger partial charge in [0.05, 0.1) is 6.54 Å². The molecule has 2 aromatic heterocycles. The minimum Gasteiger partial charge on any atom is -0.323 e. The highest BCUT2D eigenvalue weighted by Crippen LogP contribution is 2.27. The predicted octanol–water partition coefficient (Wildman–Crippen LogP) is 1.27. The van der Waals surface area contributed by atoms with E-state index in [2.05, 4.69) is 9.97 Å². The van der Waals surface area contributed by atoms with Crippen molar-refractivity contribution in [2.24, 2.45) is 5.73 Å². The number of thioether (sulfide) groups is 1. The van der Waals surface area contributed by atoms with Gasteiger partial charge < -0.3 is 5.73 Å². The molecule has 0 bridgehead atoms. The van der Waals surface area contributed by atoms with Gasteiger partial charge in [-0.2, -0.15) is 0 Å². The Balaban J connectivity index is 2.31. The first kappa shape index (κ1) is 9.57. The Morgan fingerprint density at radius 2 is 2.50 bits per heavy atom. The zero-order chi connectivity index (χ0) is 9.97. The second-order valence-corrected chi connectivity index (χ2v) is 4.77. The number of aromatic nitrogens is 2. The Bertz CT molecular complexity index is 435. The van der Waals surface area contributed by atoms with Gasteiger partial charge in [-0.25, -0.2) is 9.97 Å². The van der Waals surface area contributed by atoms with Gasteiger partial charge in [0.1, 0.15) is 10.3 Å². The van der Waals surface area contributed by atoms with E-state index in [-0.39, 0.29) is 11.7 Å². The predicted molar refractivity (Wildman–Crippen MR) is 57.3 cm³/mol. The van der Waals surface area contributed by atoms with Crippen molar-refractivity contribution in [2.45, 2.75) is 4.34 Å². The van der Waals surface area contributed by atoms with E-state index in [1.165, 1.54) is 11.3 Å².